The molecule has 1 aromatic heterocycles. The van der Waals surface area contributed by atoms with Crippen molar-refractivity contribution in [1.29, 1.82) is 0 Å². The zero-order chi connectivity index (χ0) is 15.0. The minimum Gasteiger partial charge on any atom is -0.327 e. The van der Waals surface area contributed by atoms with Crippen molar-refractivity contribution in [2.75, 3.05) is 4.90 Å². The van der Waals surface area contributed by atoms with Gasteiger partial charge in [0.25, 0.3) is 5.91 Å². The number of para-hydroxylation sites is 1. The second-order valence-corrected chi connectivity index (χ2v) is 5.19. The van der Waals surface area contributed by atoms with Crippen molar-refractivity contribution in [3.63, 3.8) is 0 Å². The van der Waals surface area contributed by atoms with Crippen LogP contribution in [0.1, 0.15) is 11.4 Å². The molecular weight excluding hydrogens is 284 g/mol. The summed E-state index contributed by atoms with van der Waals surface area (Å²) in [5.41, 5.74) is 2.95. The molecule has 0 aliphatic carbocycles. The maximum atomic E-state index is 12.5. The van der Waals surface area contributed by atoms with Crippen LogP contribution < -0.4 is 10.2 Å². The number of carbonyl (C=O) groups is 1. The van der Waals surface area contributed by atoms with Crippen molar-refractivity contribution >= 4 is 35.0 Å². The average molecular weight is 298 g/mol. The lowest BCUT2D eigenvalue weighted by Gasteiger charge is -2.13. The van der Waals surface area contributed by atoms with Crippen LogP contribution in [-0.2, 0) is 11.8 Å². The van der Waals surface area contributed by atoms with E-state index in [1.54, 1.807) is 10.8 Å². The first-order valence-electron chi connectivity index (χ1n) is 6.49. The molecule has 0 radical (unpaired) electrons. The Bertz CT molecular complexity index is 748. The minimum atomic E-state index is -0.162. The normalized spacial score (nSPS) is 16.7. The SMILES string of the molecule is Cc1cc(/C=C2/NC(=S)N(c3ccccc3)C2=O)n(C)n1. The smallest absolute Gasteiger partial charge is 0.281 e. The predicted molar refractivity (Wildman–Crippen MR) is 85.6 cm³/mol. The van der Waals surface area contributed by atoms with E-state index in [-0.39, 0.29) is 5.91 Å². The van der Waals surface area contributed by atoms with E-state index in [1.807, 2.05) is 50.4 Å². The summed E-state index contributed by atoms with van der Waals surface area (Å²) in [5, 5.41) is 7.61. The van der Waals surface area contributed by atoms with Gasteiger partial charge in [-0.25, -0.2) is 0 Å². The molecule has 0 atom stereocenters. The van der Waals surface area contributed by atoms with Crippen molar-refractivity contribution in [3.8, 4) is 0 Å². The molecule has 21 heavy (non-hydrogen) atoms. The van der Waals surface area contributed by atoms with E-state index < -0.39 is 0 Å². The molecule has 106 valence electrons. The first-order chi connectivity index (χ1) is 10.1. The number of hydrogen-bond acceptors (Lipinski definition) is 3. The van der Waals surface area contributed by atoms with Crippen LogP contribution in [0.4, 0.5) is 5.69 Å². The van der Waals surface area contributed by atoms with Gasteiger partial charge in [-0.1, -0.05) is 18.2 Å². The third-order valence-corrected chi connectivity index (χ3v) is 3.51. The summed E-state index contributed by atoms with van der Waals surface area (Å²) in [6.45, 7) is 1.91. The Morgan fingerprint density at radius 1 is 1.29 bits per heavy atom. The highest BCUT2D eigenvalue weighted by Gasteiger charge is 2.31. The molecule has 0 unspecified atom stereocenters. The number of nitrogens with one attached hydrogen (secondary N) is 1. The molecule has 0 saturated carbocycles. The molecule has 0 spiro atoms. The van der Waals surface area contributed by atoms with Gasteiger partial charge in [-0.3, -0.25) is 14.4 Å². The molecule has 2 heterocycles. The van der Waals surface area contributed by atoms with E-state index in [0.29, 0.717) is 10.8 Å². The fourth-order valence-electron chi connectivity index (χ4n) is 2.26. The Kier molecular flexibility index (Phi) is 3.31. The second kappa shape index (κ2) is 5.14. The molecule has 6 heteroatoms. The number of carbonyl (C=O) groups excluding carboxylic acids is 1. The van der Waals surface area contributed by atoms with Crippen molar-refractivity contribution < 1.29 is 4.79 Å². The Morgan fingerprint density at radius 3 is 2.62 bits per heavy atom. The second-order valence-electron chi connectivity index (χ2n) is 4.80. The number of hydrogen-bond donors (Lipinski definition) is 1. The molecule has 1 N–H and O–H groups in total. The van der Waals surface area contributed by atoms with Crippen LogP contribution in [0.2, 0.25) is 0 Å². The number of aryl methyl sites for hydroxylation is 2. The zero-order valence-corrected chi connectivity index (χ0v) is 12.5. The molecule has 5 nitrogen and oxygen atoms in total. The Morgan fingerprint density at radius 2 is 2.00 bits per heavy atom. The van der Waals surface area contributed by atoms with Crippen LogP contribution >= 0.6 is 12.2 Å². The first-order valence-corrected chi connectivity index (χ1v) is 6.90. The summed E-state index contributed by atoms with van der Waals surface area (Å²) in [4.78, 5) is 14.0. The van der Waals surface area contributed by atoms with Gasteiger partial charge in [-0.15, -0.1) is 0 Å². The van der Waals surface area contributed by atoms with Gasteiger partial charge in [0.1, 0.15) is 5.70 Å². The van der Waals surface area contributed by atoms with Gasteiger partial charge in [-0.05, 0) is 43.4 Å². The lowest BCUT2D eigenvalue weighted by molar-refractivity contribution is -0.113. The summed E-state index contributed by atoms with van der Waals surface area (Å²) in [7, 11) is 1.84. The van der Waals surface area contributed by atoms with Gasteiger partial charge in [-0.2, -0.15) is 5.10 Å². The molecule has 1 aliphatic rings. The molecule has 1 saturated heterocycles. The van der Waals surface area contributed by atoms with Crippen molar-refractivity contribution in [3.05, 3.63) is 53.5 Å². The summed E-state index contributed by atoms with van der Waals surface area (Å²) in [6, 6.07) is 11.3. The molecule has 3 rings (SSSR count). The number of anilines is 1. The van der Waals surface area contributed by atoms with Crippen molar-refractivity contribution in [1.82, 2.24) is 15.1 Å². The van der Waals surface area contributed by atoms with Crippen LogP contribution in [-0.4, -0.2) is 20.8 Å². The summed E-state index contributed by atoms with van der Waals surface area (Å²) < 4.78 is 1.73. The number of aromatic nitrogens is 2. The van der Waals surface area contributed by atoms with E-state index in [9.17, 15) is 4.79 Å². The molecule has 1 aliphatic heterocycles. The Balaban J connectivity index is 1.96. The van der Waals surface area contributed by atoms with Crippen molar-refractivity contribution in [2.45, 2.75) is 6.92 Å². The maximum absolute atomic E-state index is 12.5. The number of nitrogens with zero attached hydrogens (tertiary/aromatic N) is 3. The van der Waals surface area contributed by atoms with E-state index in [2.05, 4.69) is 10.4 Å². The van der Waals surface area contributed by atoms with Crippen LogP contribution in [0.25, 0.3) is 6.08 Å². The first kappa shape index (κ1) is 13.5. The minimum absolute atomic E-state index is 0.162. The van der Waals surface area contributed by atoms with Gasteiger partial charge in [0.15, 0.2) is 5.11 Å². The number of benzene rings is 1. The van der Waals surface area contributed by atoms with Crippen LogP contribution in [0, 0.1) is 6.92 Å². The van der Waals surface area contributed by atoms with Gasteiger partial charge < -0.3 is 5.32 Å². The van der Waals surface area contributed by atoms with Gasteiger partial charge in [0.05, 0.1) is 17.1 Å². The third kappa shape index (κ3) is 2.45. The van der Waals surface area contributed by atoms with E-state index >= 15 is 0 Å². The fourth-order valence-corrected chi connectivity index (χ4v) is 2.56. The van der Waals surface area contributed by atoms with E-state index in [1.165, 1.54) is 4.90 Å². The monoisotopic (exact) mass is 298 g/mol. The van der Waals surface area contributed by atoms with Gasteiger partial charge in [0.2, 0.25) is 0 Å². The maximum Gasteiger partial charge on any atom is 0.281 e. The number of amides is 1. The molecule has 1 fully saturated rings. The standard InChI is InChI=1S/C15H14N4OS/c1-10-8-12(18(2)17-10)9-13-14(20)19(15(21)16-13)11-6-4-3-5-7-11/h3-9H,1-2H3,(H,16,21)/b13-9+. The molecule has 1 aromatic carbocycles. The largest absolute Gasteiger partial charge is 0.327 e. The highest BCUT2D eigenvalue weighted by Crippen LogP contribution is 2.22. The zero-order valence-electron chi connectivity index (χ0n) is 11.7. The lowest BCUT2D eigenvalue weighted by Crippen LogP contribution is -2.30. The molecule has 0 bridgehead atoms. The van der Waals surface area contributed by atoms with Gasteiger partial charge >= 0.3 is 0 Å². The highest BCUT2D eigenvalue weighted by atomic mass is 32.1. The Hall–Kier alpha value is -2.47. The van der Waals surface area contributed by atoms with Crippen LogP contribution in [0.3, 0.4) is 0 Å². The summed E-state index contributed by atoms with van der Waals surface area (Å²) >= 11 is 5.26. The quantitative estimate of drug-likeness (QED) is 0.680. The topological polar surface area (TPSA) is 50.2 Å². The fraction of sp³-hybridized carbons (Fsp3) is 0.133. The third-order valence-electron chi connectivity index (χ3n) is 3.22. The lowest BCUT2D eigenvalue weighted by atomic mass is 10.2. The Labute approximate surface area is 127 Å². The highest BCUT2D eigenvalue weighted by molar-refractivity contribution is 7.80. The number of thiocarbonyl (C=S) groups is 1. The number of rotatable bonds is 2. The van der Waals surface area contributed by atoms with Gasteiger partial charge in [0, 0.05) is 7.05 Å². The van der Waals surface area contributed by atoms with E-state index in [4.69, 9.17) is 12.2 Å². The van der Waals surface area contributed by atoms with Crippen LogP contribution in [0.5, 0.6) is 0 Å². The summed E-state index contributed by atoms with van der Waals surface area (Å²) in [5.74, 6) is -0.162. The molecular formula is C15H14N4OS. The van der Waals surface area contributed by atoms with E-state index in [0.717, 1.165) is 17.1 Å². The van der Waals surface area contributed by atoms with Crippen molar-refractivity contribution in [2.24, 2.45) is 7.05 Å². The summed E-state index contributed by atoms with van der Waals surface area (Å²) in [6.07, 6.45) is 1.76. The molecule has 2 aromatic rings. The molecule has 1 amide bonds. The van der Waals surface area contributed by atoms with Crippen LogP contribution in [0.15, 0.2) is 42.1 Å². The predicted octanol–water partition coefficient (Wildman–Crippen LogP) is 1.99. The average Bonchev–Trinajstić information content (AvgIpc) is 2.91.